The van der Waals surface area contributed by atoms with Gasteiger partial charge in [-0.25, -0.2) is 0 Å². The summed E-state index contributed by atoms with van der Waals surface area (Å²) in [7, 11) is 1.34. The van der Waals surface area contributed by atoms with E-state index in [9.17, 15) is 30.0 Å². The van der Waals surface area contributed by atoms with Crippen LogP contribution in [0.4, 0.5) is 0 Å². The molecule has 190 valence electrons. The van der Waals surface area contributed by atoms with Crippen LogP contribution in [0.15, 0.2) is 52.9 Å². The second kappa shape index (κ2) is 8.10. The van der Waals surface area contributed by atoms with E-state index < -0.39 is 42.0 Å². The van der Waals surface area contributed by atoms with E-state index in [4.69, 9.17) is 18.6 Å². The third-order valence-corrected chi connectivity index (χ3v) is 6.97. The zero-order valence-electron chi connectivity index (χ0n) is 19.7. The number of carbonyl (C=O) groups excluding carboxylic acids is 2. The Morgan fingerprint density at radius 1 is 0.838 bits per heavy atom. The number of aliphatic hydroxyl groups excluding tert-OH is 4. The molecule has 4 N–H and O–H groups in total. The molecule has 6 rings (SSSR count). The first-order valence-corrected chi connectivity index (χ1v) is 11.5. The fourth-order valence-electron chi connectivity index (χ4n) is 5.09. The lowest BCUT2D eigenvalue weighted by Gasteiger charge is -2.45. The predicted octanol–water partition coefficient (Wildman–Crippen LogP) is 1.90. The van der Waals surface area contributed by atoms with Gasteiger partial charge >= 0.3 is 0 Å². The molecule has 2 heterocycles. The normalized spacial score (nSPS) is 27.3. The molecule has 1 fully saturated rings. The monoisotopic (exact) mass is 506 g/mol. The number of ketones is 2. The number of ether oxygens (including phenoxy) is 3. The molecule has 0 bridgehead atoms. The van der Waals surface area contributed by atoms with Crippen molar-refractivity contribution in [1.82, 2.24) is 0 Å². The van der Waals surface area contributed by atoms with Crippen LogP contribution in [0.5, 0.6) is 11.5 Å². The molecule has 1 aliphatic carbocycles. The summed E-state index contributed by atoms with van der Waals surface area (Å²) in [6.07, 6.45) is -7.19. The average molecular weight is 506 g/mol. The van der Waals surface area contributed by atoms with Crippen molar-refractivity contribution in [1.29, 1.82) is 0 Å². The van der Waals surface area contributed by atoms with Crippen LogP contribution < -0.4 is 9.47 Å². The second-order valence-corrected chi connectivity index (χ2v) is 9.17. The zero-order chi connectivity index (χ0) is 26.2. The SMILES string of the molecule is COc1c(OC2(C)OC(O)C(O)C(O)C2O)c2ccccc2c2oc3c(c12)C(=O)c1ccccc1C3=O. The number of carbonyl (C=O) groups is 2. The Hall–Kier alpha value is -3.80. The lowest BCUT2D eigenvalue weighted by molar-refractivity contribution is -0.366. The highest BCUT2D eigenvalue weighted by atomic mass is 16.8. The van der Waals surface area contributed by atoms with Gasteiger partial charge in [0.25, 0.3) is 0 Å². The van der Waals surface area contributed by atoms with Crippen LogP contribution in [-0.4, -0.2) is 69.5 Å². The Labute approximate surface area is 209 Å². The van der Waals surface area contributed by atoms with Gasteiger partial charge in [0.1, 0.15) is 23.9 Å². The van der Waals surface area contributed by atoms with Crippen molar-refractivity contribution in [2.75, 3.05) is 7.11 Å². The number of hydrogen-bond acceptors (Lipinski definition) is 10. The Bertz CT molecular complexity index is 1600. The van der Waals surface area contributed by atoms with Gasteiger partial charge in [-0.2, -0.15) is 0 Å². The number of methoxy groups -OCH3 is 1. The van der Waals surface area contributed by atoms with Gasteiger partial charge in [-0.05, 0) is 0 Å². The van der Waals surface area contributed by atoms with Gasteiger partial charge in [0.2, 0.25) is 11.6 Å². The minimum absolute atomic E-state index is 0.00523. The van der Waals surface area contributed by atoms with Crippen LogP contribution >= 0.6 is 0 Å². The Morgan fingerprint density at radius 3 is 2.14 bits per heavy atom. The highest BCUT2D eigenvalue weighted by Gasteiger charge is 2.53. The van der Waals surface area contributed by atoms with E-state index >= 15 is 0 Å². The van der Waals surface area contributed by atoms with Crippen LogP contribution in [0, 0.1) is 0 Å². The maximum atomic E-state index is 13.6. The molecular formula is C27H22O10. The van der Waals surface area contributed by atoms with Crippen molar-refractivity contribution in [2.24, 2.45) is 0 Å². The Kier molecular flexibility index (Phi) is 5.17. The molecule has 0 saturated carbocycles. The van der Waals surface area contributed by atoms with Crippen molar-refractivity contribution >= 4 is 33.3 Å². The molecule has 37 heavy (non-hydrogen) atoms. The maximum absolute atomic E-state index is 13.6. The molecule has 1 aromatic heterocycles. The summed E-state index contributed by atoms with van der Waals surface area (Å²) in [4.78, 5) is 26.9. The molecular weight excluding hydrogens is 484 g/mol. The predicted molar refractivity (Wildman–Crippen MR) is 128 cm³/mol. The first-order valence-electron chi connectivity index (χ1n) is 11.5. The summed E-state index contributed by atoms with van der Waals surface area (Å²) < 4.78 is 23.2. The number of aliphatic hydroxyl groups is 4. The van der Waals surface area contributed by atoms with E-state index in [1.165, 1.54) is 14.0 Å². The standard InChI is InChI=1S/C27H22O10/c1-27(25(32)19(30)20(31)26(33)37-27)36-22-14-10-6-5-9-13(14)21-16(24(22)34-2)15-17(28)11-7-3-4-8-12(11)18(29)23(15)35-21/h3-10,19-20,25-26,30-33H,1-2H3. The van der Waals surface area contributed by atoms with Crippen LogP contribution in [0.2, 0.25) is 0 Å². The van der Waals surface area contributed by atoms with Crippen molar-refractivity contribution < 1.29 is 48.6 Å². The molecule has 1 saturated heterocycles. The molecule has 2 aliphatic rings. The highest BCUT2D eigenvalue weighted by Crippen LogP contribution is 2.50. The van der Waals surface area contributed by atoms with Gasteiger partial charge in [-0.3, -0.25) is 9.59 Å². The van der Waals surface area contributed by atoms with Crippen molar-refractivity contribution in [3.63, 3.8) is 0 Å². The topological polar surface area (TPSA) is 156 Å². The molecule has 10 nitrogen and oxygen atoms in total. The maximum Gasteiger partial charge on any atom is 0.239 e. The highest BCUT2D eigenvalue weighted by molar-refractivity contribution is 6.33. The smallest absolute Gasteiger partial charge is 0.239 e. The second-order valence-electron chi connectivity index (χ2n) is 9.17. The Morgan fingerprint density at radius 2 is 1.46 bits per heavy atom. The molecule has 10 heteroatoms. The molecule has 5 atom stereocenters. The minimum Gasteiger partial charge on any atom is -0.492 e. The Balaban J connectivity index is 1.64. The number of furan rings is 1. The van der Waals surface area contributed by atoms with E-state index in [1.807, 2.05) is 0 Å². The molecule has 0 radical (unpaired) electrons. The lowest BCUT2D eigenvalue weighted by Crippen LogP contribution is -2.65. The molecule has 0 spiro atoms. The van der Waals surface area contributed by atoms with E-state index in [2.05, 4.69) is 0 Å². The molecule has 5 unspecified atom stereocenters. The van der Waals surface area contributed by atoms with E-state index in [0.717, 1.165) is 0 Å². The van der Waals surface area contributed by atoms with Crippen molar-refractivity contribution in [2.45, 2.75) is 37.3 Å². The van der Waals surface area contributed by atoms with Crippen LogP contribution in [-0.2, 0) is 4.74 Å². The van der Waals surface area contributed by atoms with Crippen molar-refractivity contribution in [3.05, 3.63) is 71.0 Å². The van der Waals surface area contributed by atoms with E-state index in [0.29, 0.717) is 10.8 Å². The summed E-state index contributed by atoms with van der Waals surface area (Å²) in [5, 5.41) is 42.1. The van der Waals surface area contributed by atoms with Crippen LogP contribution in [0.3, 0.4) is 0 Å². The van der Waals surface area contributed by atoms with Gasteiger partial charge in [0, 0.05) is 28.8 Å². The van der Waals surface area contributed by atoms with Crippen LogP contribution in [0.25, 0.3) is 21.7 Å². The fraction of sp³-hybridized carbons (Fsp3) is 0.259. The summed E-state index contributed by atoms with van der Waals surface area (Å²) in [5.41, 5.74) is 0.687. The minimum atomic E-state index is -2.04. The number of fused-ring (bicyclic) bond motifs is 6. The largest absolute Gasteiger partial charge is 0.492 e. The molecule has 0 amide bonds. The summed E-state index contributed by atoms with van der Waals surface area (Å²) in [6, 6.07) is 13.3. The van der Waals surface area contributed by atoms with Gasteiger partial charge in [0.15, 0.2) is 29.3 Å². The van der Waals surface area contributed by atoms with Gasteiger partial charge < -0.3 is 39.1 Å². The van der Waals surface area contributed by atoms with E-state index in [1.54, 1.807) is 48.5 Å². The first kappa shape index (κ1) is 23.6. The van der Waals surface area contributed by atoms with Gasteiger partial charge in [-0.1, -0.05) is 48.5 Å². The quantitative estimate of drug-likeness (QED) is 0.285. The molecule has 3 aromatic carbocycles. The third-order valence-electron chi connectivity index (χ3n) is 6.97. The number of benzene rings is 3. The summed E-state index contributed by atoms with van der Waals surface area (Å²) in [6.45, 7) is 1.28. The number of rotatable bonds is 3. The molecule has 4 aromatic rings. The summed E-state index contributed by atoms with van der Waals surface area (Å²) in [5.74, 6) is -3.03. The molecule has 1 aliphatic heterocycles. The van der Waals surface area contributed by atoms with Gasteiger partial charge in [-0.15, -0.1) is 0 Å². The van der Waals surface area contributed by atoms with Crippen LogP contribution in [0.1, 0.15) is 39.0 Å². The number of hydrogen-bond donors (Lipinski definition) is 4. The fourth-order valence-corrected chi connectivity index (χ4v) is 5.09. The third kappa shape index (κ3) is 3.17. The first-order chi connectivity index (χ1) is 17.7. The average Bonchev–Trinajstić information content (AvgIpc) is 3.31. The lowest BCUT2D eigenvalue weighted by atomic mass is 9.86. The zero-order valence-corrected chi connectivity index (χ0v) is 19.7. The van der Waals surface area contributed by atoms with Crippen molar-refractivity contribution in [3.8, 4) is 11.5 Å². The van der Waals surface area contributed by atoms with E-state index in [-0.39, 0.29) is 44.9 Å². The van der Waals surface area contributed by atoms with Gasteiger partial charge in [0.05, 0.1) is 18.1 Å². The summed E-state index contributed by atoms with van der Waals surface area (Å²) >= 11 is 0.